The highest BCUT2D eigenvalue weighted by Crippen LogP contribution is 2.33. The molecule has 0 atom stereocenters. The van der Waals surface area contributed by atoms with Crippen LogP contribution in [0, 0.1) is 18.3 Å². The first-order valence-corrected chi connectivity index (χ1v) is 5.65. The highest BCUT2D eigenvalue weighted by molar-refractivity contribution is 6.02. The normalized spacial score (nSPS) is 11.0. The van der Waals surface area contributed by atoms with Crippen LogP contribution in [0.5, 0.6) is 0 Å². The monoisotopic (exact) mass is 295 g/mol. The van der Waals surface area contributed by atoms with Crippen LogP contribution in [0.15, 0.2) is 29.0 Å². The third-order valence-corrected chi connectivity index (χ3v) is 2.66. The van der Waals surface area contributed by atoms with Gasteiger partial charge in [-0.3, -0.25) is 4.79 Å². The topological polar surface area (TPSA) is 78.9 Å². The number of rotatable bonds is 2. The Balaban J connectivity index is 2.32. The molecule has 0 saturated carbocycles. The van der Waals surface area contributed by atoms with E-state index in [0.29, 0.717) is 11.8 Å². The first-order valence-electron chi connectivity index (χ1n) is 5.65. The SMILES string of the molecule is Cc1ncoc1C(=O)Nc1ccc(C#N)c(C(F)(F)F)c1. The Morgan fingerprint density at radius 1 is 1.43 bits per heavy atom. The smallest absolute Gasteiger partial charge is 0.417 e. The van der Waals surface area contributed by atoms with Crippen LogP contribution in [0.1, 0.15) is 27.4 Å². The number of oxazole rings is 1. The fourth-order valence-electron chi connectivity index (χ4n) is 1.66. The fraction of sp³-hybridized carbons (Fsp3) is 0.154. The van der Waals surface area contributed by atoms with Gasteiger partial charge in [0.1, 0.15) is 0 Å². The van der Waals surface area contributed by atoms with E-state index in [9.17, 15) is 18.0 Å². The van der Waals surface area contributed by atoms with Gasteiger partial charge in [-0.05, 0) is 25.1 Å². The molecule has 8 heteroatoms. The molecule has 0 aliphatic rings. The third kappa shape index (κ3) is 3.02. The number of aryl methyl sites for hydroxylation is 1. The summed E-state index contributed by atoms with van der Waals surface area (Å²) < 4.78 is 43.2. The molecule has 0 unspecified atom stereocenters. The van der Waals surface area contributed by atoms with Gasteiger partial charge in [0.05, 0.1) is 22.9 Å². The molecule has 0 fully saturated rings. The molecule has 1 aromatic carbocycles. The first kappa shape index (κ1) is 14.6. The van der Waals surface area contributed by atoms with E-state index in [2.05, 4.69) is 10.3 Å². The van der Waals surface area contributed by atoms with Gasteiger partial charge in [0, 0.05) is 5.69 Å². The maximum Gasteiger partial charge on any atom is 0.417 e. The average Bonchev–Trinajstić information content (AvgIpc) is 2.84. The number of carbonyl (C=O) groups is 1. The van der Waals surface area contributed by atoms with Crippen LogP contribution in [-0.2, 0) is 6.18 Å². The van der Waals surface area contributed by atoms with Crippen molar-refractivity contribution < 1.29 is 22.4 Å². The molecule has 1 aromatic heterocycles. The summed E-state index contributed by atoms with van der Waals surface area (Å²) in [5.74, 6) is -0.809. The van der Waals surface area contributed by atoms with Gasteiger partial charge in [0.25, 0.3) is 5.91 Å². The molecule has 0 aliphatic heterocycles. The van der Waals surface area contributed by atoms with Crippen LogP contribution < -0.4 is 5.32 Å². The second kappa shape index (κ2) is 5.28. The van der Waals surface area contributed by atoms with Crippen LogP contribution in [0.2, 0.25) is 0 Å². The summed E-state index contributed by atoms with van der Waals surface area (Å²) in [5.41, 5.74) is -1.41. The summed E-state index contributed by atoms with van der Waals surface area (Å²) in [6.45, 7) is 1.53. The Morgan fingerprint density at radius 2 is 2.14 bits per heavy atom. The Hall–Kier alpha value is -2.82. The lowest BCUT2D eigenvalue weighted by Crippen LogP contribution is -2.14. The molecule has 1 amide bonds. The van der Waals surface area contributed by atoms with E-state index in [1.54, 1.807) is 0 Å². The molecule has 5 nitrogen and oxygen atoms in total. The Bertz CT molecular complexity index is 729. The minimum atomic E-state index is -4.69. The third-order valence-electron chi connectivity index (χ3n) is 2.66. The summed E-state index contributed by atoms with van der Waals surface area (Å²) in [7, 11) is 0. The van der Waals surface area contributed by atoms with Crippen LogP contribution in [0.4, 0.5) is 18.9 Å². The number of anilines is 1. The maximum atomic E-state index is 12.8. The molecule has 2 aromatic rings. The van der Waals surface area contributed by atoms with Crippen molar-refractivity contribution in [2.24, 2.45) is 0 Å². The van der Waals surface area contributed by atoms with Gasteiger partial charge in [-0.15, -0.1) is 0 Å². The number of benzene rings is 1. The van der Waals surface area contributed by atoms with Gasteiger partial charge in [-0.2, -0.15) is 18.4 Å². The molecule has 0 saturated heterocycles. The summed E-state index contributed by atoms with van der Waals surface area (Å²) in [6, 6.07) is 4.35. The van der Waals surface area contributed by atoms with Gasteiger partial charge in [0.2, 0.25) is 5.76 Å². The van der Waals surface area contributed by atoms with E-state index < -0.39 is 23.2 Å². The lowest BCUT2D eigenvalue weighted by Gasteiger charge is -2.11. The second-order valence-corrected chi connectivity index (χ2v) is 4.09. The molecule has 0 aliphatic carbocycles. The van der Waals surface area contributed by atoms with Crippen LogP contribution in [-0.4, -0.2) is 10.9 Å². The highest BCUT2D eigenvalue weighted by Gasteiger charge is 2.34. The van der Waals surface area contributed by atoms with E-state index in [1.165, 1.54) is 19.1 Å². The predicted molar refractivity (Wildman–Crippen MR) is 65.4 cm³/mol. The number of nitrogens with one attached hydrogen (secondary N) is 1. The first-order chi connectivity index (χ1) is 9.82. The lowest BCUT2D eigenvalue weighted by molar-refractivity contribution is -0.137. The minimum Gasteiger partial charge on any atom is -0.438 e. The molecule has 0 spiro atoms. The van der Waals surface area contributed by atoms with Crippen LogP contribution in [0.3, 0.4) is 0 Å². The molecule has 108 valence electrons. The molecule has 21 heavy (non-hydrogen) atoms. The number of nitrogens with zero attached hydrogens (tertiary/aromatic N) is 2. The van der Waals surface area contributed by atoms with Crippen molar-refractivity contribution in [1.82, 2.24) is 4.98 Å². The van der Waals surface area contributed by atoms with Gasteiger partial charge >= 0.3 is 6.18 Å². The van der Waals surface area contributed by atoms with E-state index in [1.807, 2.05) is 0 Å². The number of hydrogen-bond donors (Lipinski definition) is 1. The van der Waals surface area contributed by atoms with E-state index in [0.717, 1.165) is 12.5 Å². The quantitative estimate of drug-likeness (QED) is 0.923. The molecule has 0 radical (unpaired) electrons. The zero-order chi connectivity index (χ0) is 15.6. The van der Waals surface area contributed by atoms with Gasteiger partial charge < -0.3 is 9.73 Å². The fourth-order valence-corrected chi connectivity index (χ4v) is 1.66. The minimum absolute atomic E-state index is 0.0899. The van der Waals surface area contributed by atoms with E-state index in [-0.39, 0.29) is 11.4 Å². The number of alkyl halides is 3. The number of nitriles is 1. The van der Waals surface area contributed by atoms with Crippen molar-refractivity contribution in [3.63, 3.8) is 0 Å². The largest absolute Gasteiger partial charge is 0.438 e. The standard InChI is InChI=1S/C13H8F3N3O2/c1-7-11(21-6-18-7)12(20)19-9-3-2-8(5-17)10(4-9)13(14,15)16/h2-4,6H,1H3,(H,19,20). The van der Waals surface area contributed by atoms with Crippen molar-refractivity contribution >= 4 is 11.6 Å². The number of halogens is 3. The Morgan fingerprint density at radius 3 is 2.67 bits per heavy atom. The number of amides is 1. The van der Waals surface area contributed by atoms with E-state index in [4.69, 9.17) is 9.68 Å². The van der Waals surface area contributed by atoms with Gasteiger partial charge in [-0.25, -0.2) is 4.98 Å². The number of hydrogen-bond acceptors (Lipinski definition) is 4. The Kier molecular flexibility index (Phi) is 3.67. The van der Waals surface area contributed by atoms with E-state index >= 15 is 0 Å². The number of aromatic nitrogens is 1. The Labute approximate surface area is 117 Å². The molecular weight excluding hydrogens is 287 g/mol. The van der Waals surface area contributed by atoms with Crippen molar-refractivity contribution in [3.05, 3.63) is 47.2 Å². The van der Waals surface area contributed by atoms with Crippen molar-refractivity contribution in [2.45, 2.75) is 13.1 Å². The van der Waals surface area contributed by atoms with Crippen molar-refractivity contribution in [1.29, 1.82) is 5.26 Å². The zero-order valence-corrected chi connectivity index (χ0v) is 10.7. The summed E-state index contributed by atoms with van der Waals surface area (Å²) in [4.78, 5) is 15.5. The lowest BCUT2D eigenvalue weighted by atomic mass is 10.1. The second-order valence-electron chi connectivity index (χ2n) is 4.09. The summed E-state index contributed by atoms with van der Waals surface area (Å²) >= 11 is 0. The molecular formula is C13H8F3N3O2. The van der Waals surface area contributed by atoms with Gasteiger partial charge in [0.15, 0.2) is 6.39 Å². The van der Waals surface area contributed by atoms with Crippen LogP contribution >= 0.6 is 0 Å². The molecule has 0 bridgehead atoms. The highest BCUT2D eigenvalue weighted by atomic mass is 19.4. The maximum absolute atomic E-state index is 12.8. The molecule has 1 N–H and O–H groups in total. The van der Waals surface area contributed by atoms with Gasteiger partial charge in [-0.1, -0.05) is 0 Å². The average molecular weight is 295 g/mol. The number of carbonyl (C=O) groups excluding carboxylic acids is 1. The van der Waals surface area contributed by atoms with Crippen molar-refractivity contribution in [3.8, 4) is 6.07 Å². The molecule has 2 rings (SSSR count). The predicted octanol–water partition coefficient (Wildman–Crippen LogP) is 3.13. The van der Waals surface area contributed by atoms with Crippen molar-refractivity contribution in [2.75, 3.05) is 5.32 Å². The summed E-state index contributed by atoms with van der Waals surface area (Å²) in [5, 5.41) is 10.9. The summed E-state index contributed by atoms with van der Waals surface area (Å²) in [6.07, 6.45) is -3.63. The van der Waals surface area contributed by atoms with Crippen LogP contribution in [0.25, 0.3) is 0 Å². The molecule has 1 heterocycles. The zero-order valence-electron chi connectivity index (χ0n) is 10.7.